The van der Waals surface area contributed by atoms with Gasteiger partial charge in [0.25, 0.3) is 0 Å². The first kappa shape index (κ1) is 19.2. The maximum Gasteiger partial charge on any atom is 0.233 e. The Morgan fingerprint density at radius 1 is 0.957 bits per heavy atom. The lowest BCUT2D eigenvalue weighted by Crippen LogP contribution is -2.42. The smallest absolute Gasteiger partial charge is 0.233 e. The zero-order valence-corrected chi connectivity index (χ0v) is 14.9. The Morgan fingerprint density at radius 2 is 1.43 bits per heavy atom. The Labute approximate surface area is 139 Å². The molecule has 0 aliphatic carbocycles. The third-order valence-electron chi connectivity index (χ3n) is 3.83. The first-order chi connectivity index (χ1) is 10.8. The summed E-state index contributed by atoms with van der Waals surface area (Å²) < 4.78 is 0. The number of hydrogen-bond donors (Lipinski definition) is 2. The third-order valence-corrected chi connectivity index (χ3v) is 3.83. The Morgan fingerprint density at radius 3 is 1.83 bits per heavy atom. The largest absolute Gasteiger partial charge is 0.358 e. The lowest BCUT2D eigenvalue weighted by Gasteiger charge is -2.21. The molecule has 0 bridgehead atoms. The summed E-state index contributed by atoms with van der Waals surface area (Å²) in [6.07, 6.45) is 0.804. The molecule has 23 heavy (non-hydrogen) atoms. The second-order valence-corrected chi connectivity index (χ2v) is 6.75. The summed E-state index contributed by atoms with van der Waals surface area (Å²) in [5.74, 6) is -0.172. The van der Waals surface area contributed by atoms with Gasteiger partial charge in [0.1, 0.15) is 0 Å². The van der Waals surface area contributed by atoms with Gasteiger partial charge in [-0.3, -0.25) is 14.5 Å². The topological polar surface area (TPSA) is 61.4 Å². The second-order valence-electron chi connectivity index (χ2n) is 6.75. The van der Waals surface area contributed by atoms with Crippen molar-refractivity contribution in [3.63, 3.8) is 0 Å². The molecule has 0 spiro atoms. The van der Waals surface area contributed by atoms with Gasteiger partial charge in [0.2, 0.25) is 11.8 Å². The third kappa shape index (κ3) is 6.82. The fourth-order valence-corrected chi connectivity index (χ4v) is 2.24. The second kappa shape index (κ2) is 8.67. The number of nitrogens with zero attached hydrogens (tertiary/aromatic N) is 1. The van der Waals surface area contributed by atoms with Gasteiger partial charge in [0, 0.05) is 20.6 Å². The van der Waals surface area contributed by atoms with E-state index in [1.54, 1.807) is 14.1 Å². The summed E-state index contributed by atoms with van der Waals surface area (Å²) in [6.45, 7) is 7.69. The van der Waals surface area contributed by atoms with E-state index in [-0.39, 0.29) is 30.3 Å². The molecule has 0 aliphatic heterocycles. The van der Waals surface area contributed by atoms with Crippen molar-refractivity contribution in [3.05, 3.63) is 35.4 Å². The highest BCUT2D eigenvalue weighted by Gasteiger charge is 2.15. The van der Waals surface area contributed by atoms with Gasteiger partial charge in [-0.2, -0.15) is 0 Å². The van der Waals surface area contributed by atoms with Crippen molar-refractivity contribution in [1.29, 1.82) is 0 Å². The van der Waals surface area contributed by atoms with E-state index in [1.807, 2.05) is 4.90 Å². The quantitative estimate of drug-likeness (QED) is 0.797. The number of benzene rings is 1. The minimum Gasteiger partial charge on any atom is -0.358 e. The van der Waals surface area contributed by atoms with Crippen LogP contribution in [-0.4, -0.2) is 50.4 Å². The molecule has 1 rings (SSSR count). The van der Waals surface area contributed by atoms with Gasteiger partial charge < -0.3 is 10.6 Å². The molecule has 0 aromatic heterocycles. The van der Waals surface area contributed by atoms with Crippen LogP contribution >= 0.6 is 0 Å². The number of nitrogens with one attached hydrogen (secondary N) is 2. The van der Waals surface area contributed by atoms with Gasteiger partial charge in [-0.1, -0.05) is 45.0 Å². The Balaban J connectivity index is 2.65. The van der Waals surface area contributed by atoms with E-state index < -0.39 is 0 Å². The molecular weight excluding hydrogens is 290 g/mol. The minimum atomic E-state index is -0.0861. The Kier molecular flexibility index (Phi) is 7.23. The lowest BCUT2D eigenvalue weighted by molar-refractivity contribution is -0.124. The molecule has 128 valence electrons. The van der Waals surface area contributed by atoms with Gasteiger partial charge in [0.15, 0.2) is 0 Å². The fraction of sp³-hybridized carbons (Fsp3) is 0.556. The monoisotopic (exact) mass is 319 g/mol. The molecule has 2 N–H and O–H groups in total. The molecule has 0 atom stereocenters. The molecule has 0 radical (unpaired) electrons. The van der Waals surface area contributed by atoms with Crippen molar-refractivity contribution in [1.82, 2.24) is 15.5 Å². The summed E-state index contributed by atoms with van der Waals surface area (Å²) in [6, 6.07) is 8.55. The van der Waals surface area contributed by atoms with Crippen molar-refractivity contribution in [2.24, 2.45) is 0 Å². The molecular formula is C18H29N3O2. The van der Waals surface area contributed by atoms with E-state index in [0.29, 0.717) is 6.54 Å². The van der Waals surface area contributed by atoms with Crippen LogP contribution in [-0.2, 0) is 21.4 Å². The molecule has 2 amide bonds. The van der Waals surface area contributed by atoms with Crippen LogP contribution in [0.25, 0.3) is 0 Å². The lowest BCUT2D eigenvalue weighted by atomic mass is 9.86. The Bertz CT molecular complexity index is 500. The maximum atomic E-state index is 11.6. The summed E-state index contributed by atoms with van der Waals surface area (Å²) in [7, 11) is 3.21. The zero-order chi connectivity index (χ0) is 17.5. The van der Waals surface area contributed by atoms with E-state index in [2.05, 4.69) is 55.7 Å². The number of amides is 2. The van der Waals surface area contributed by atoms with Gasteiger partial charge in [-0.15, -0.1) is 0 Å². The number of hydrogen-bond acceptors (Lipinski definition) is 3. The van der Waals surface area contributed by atoms with Crippen molar-refractivity contribution in [2.45, 2.75) is 32.6 Å². The summed E-state index contributed by atoms with van der Waals surface area (Å²) in [4.78, 5) is 25.0. The van der Waals surface area contributed by atoms with E-state index in [4.69, 9.17) is 0 Å². The molecule has 0 aliphatic rings. The molecule has 1 aromatic rings. The molecule has 0 heterocycles. The van der Waals surface area contributed by atoms with Crippen LogP contribution in [0, 0.1) is 0 Å². The molecule has 0 unspecified atom stereocenters. The summed E-state index contributed by atoms with van der Waals surface area (Å²) >= 11 is 0. The van der Waals surface area contributed by atoms with Crippen molar-refractivity contribution >= 4 is 11.8 Å². The van der Waals surface area contributed by atoms with E-state index in [9.17, 15) is 9.59 Å². The Hall–Kier alpha value is -1.88. The average molecular weight is 319 g/mol. The standard InChI is InChI=1S/C18H29N3O2/c1-18(2,3)15-8-6-14(7-9-15)10-11-21(12-16(22)19-4)13-17(23)20-5/h6-9H,10-13H2,1-5H3,(H,19,22)(H,20,23). The number of likely N-dealkylation sites (N-methyl/N-ethyl adjacent to an activating group) is 2. The predicted molar refractivity (Wildman–Crippen MR) is 93.4 cm³/mol. The number of carbonyl (C=O) groups excluding carboxylic acids is 2. The first-order valence-corrected chi connectivity index (χ1v) is 7.99. The average Bonchev–Trinajstić information content (AvgIpc) is 2.51. The van der Waals surface area contributed by atoms with E-state index in [1.165, 1.54) is 11.1 Å². The summed E-state index contributed by atoms with van der Waals surface area (Å²) in [5.41, 5.74) is 2.65. The van der Waals surface area contributed by atoms with Gasteiger partial charge in [0.05, 0.1) is 13.1 Å². The SMILES string of the molecule is CNC(=O)CN(CCc1ccc(C(C)(C)C)cc1)CC(=O)NC. The van der Waals surface area contributed by atoms with Crippen LogP contribution in [0.5, 0.6) is 0 Å². The molecule has 5 nitrogen and oxygen atoms in total. The fourth-order valence-electron chi connectivity index (χ4n) is 2.24. The first-order valence-electron chi connectivity index (χ1n) is 7.99. The minimum absolute atomic E-state index is 0.0861. The van der Waals surface area contributed by atoms with Gasteiger partial charge in [-0.05, 0) is 23.0 Å². The van der Waals surface area contributed by atoms with Crippen LogP contribution < -0.4 is 10.6 Å². The molecule has 5 heteroatoms. The summed E-state index contributed by atoms with van der Waals surface area (Å²) in [5, 5.41) is 5.19. The number of carbonyl (C=O) groups is 2. The van der Waals surface area contributed by atoms with Crippen molar-refractivity contribution in [3.8, 4) is 0 Å². The molecule has 1 aromatic carbocycles. The van der Waals surface area contributed by atoms with Gasteiger partial charge >= 0.3 is 0 Å². The highest BCUT2D eigenvalue weighted by Crippen LogP contribution is 2.22. The molecule has 0 saturated carbocycles. The molecule has 0 fully saturated rings. The van der Waals surface area contributed by atoms with Crippen LogP contribution in [0.3, 0.4) is 0 Å². The highest BCUT2D eigenvalue weighted by atomic mass is 16.2. The normalized spacial score (nSPS) is 11.4. The maximum absolute atomic E-state index is 11.6. The van der Waals surface area contributed by atoms with E-state index in [0.717, 1.165) is 6.42 Å². The van der Waals surface area contributed by atoms with Crippen LogP contribution in [0.15, 0.2) is 24.3 Å². The molecule has 0 saturated heterocycles. The highest BCUT2D eigenvalue weighted by molar-refractivity contribution is 5.80. The van der Waals surface area contributed by atoms with Crippen LogP contribution in [0.4, 0.5) is 0 Å². The van der Waals surface area contributed by atoms with Gasteiger partial charge in [-0.25, -0.2) is 0 Å². The zero-order valence-electron chi connectivity index (χ0n) is 14.9. The number of rotatable bonds is 7. The van der Waals surface area contributed by atoms with Crippen LogP contribution in [0.1, 0.15) is 31.9 Å². The van der Waals surface area contributed by atoms with E-state index >= 15 is 0 Å². The van der Waals surface area contributed by atoms with Crippen molar-refractivity contribution in [2.75, 3.05) is 33.7 Å². The van der Waals surface area contributed by atoms with Crippen molar-refractivity contribution < 1.29 is 9.59 Å². The van der Waals surface area contributed by atoms with Crippen LogP contribution in [0.2, 0.25) is 0 Å². The predicted octanol–water partition coefficient (Wildman–Crippen LogP) is 1.32.